The summed E-state index contributed by atoms with van der Waals surface area (Å²) in [7, 11) is -7.73. The maximum Gasteiger partial charge on any atom is 0.289 e. The molecule has 2 unspecified atom stereocenters. The smallest absolute Gasteiger partial charge is 0.261 e. The highest BCUT2D eigenvalue weighted by molar-refractivity contribution is 7.90. The zero-order chi connectivity index (χ0) is 13.0. The first-order valence-electron chi connectivity index (χ1n) is 4.25. The molecule has 0 bridgehead atoms. The van der Waals surface area contributed by atoms with Gasteiger partial charge in [-0.1, -0.05) is 13.2 Å². The van der Waals surface area contributed by atoms with Crippen LogP contribution >= 0.6 is 0 Å². The molecule has 94 valence electrons. The van der Waals surface area contributed by atoms with Gasteiger partial charge in [0.25, 0.3) is 20.2 Å². The van der Waals surface area contributed by atoms with Crippen LogP contribution in [0.1, 0.15) is 13.8 Å². The van der Waals surface area contributed by atoms with Gasteiger partial charge < -0.3 is 0 Å². The first-order chi connectivity index (χ1) is 7.13. The Balaban J connectivity index is 4.59. The number of hydrogen-bond donors (Lipinski definition) is 0. The first kappa shape index (κ1) is 15.3. The fourth-order valence-corrected chi connectivity index (χ4v) is 1.97. The van der Waals surface area contributed by atoms with Gasteiger partial charge in [0.05, 0.1) is 10.8 Å². The van der Waals surface area contributed by atoms with Gasteiger partial charge in [0.15, 0.2) is 0 Å². The zero-order valence-electron chi connectivity index (χ0n) is 8.99. The van der Waals surface area contributed by atoms with Gasteiger partial charge in [0.1, 0.15) is 12.2 Å². The molecule has 0 aromatic heterocycles. The van der Waals surface area contributed by atoms with Crippen LogP contribution in [0.2, 0.25) is 0 Å². The molecule has 0 N–H and O–H groups in total. The molecule has 0 aliphatic rings. The van der Waals surface area contributed by atoms with Gasteiger partial charge in [-0.2, -0.15) is 16.8 Å². The Morgan fingerprint density at radius 2 is 1.12 bits per heavy atom. The van der Waals surface area contributed by atoms with Gasteiger partial charge >= 0.3 is 0 Å². The quantitative estimate of drug-likeness (QED) is 0.634. The van der Waals surface area contributed by atoms with E-state index < -0.39 is 32.4 Å². The molecule has 0 spiro atoms. The molecule has 0 saturated heterocycles. The minimum absolute atomic E-state index is 0.623. The Morgan fingerprint density at radius 1 is 0.875 bits per heavy atom. The van der Waals surface area contributed by atoms with E-state index in [2.05, 4.69) is 21.5 Å². The van der Waals surface area contributed by atoms with Gasteiger partial charge in [-0.05, 0) is 13.8 Å². The number of rotatable bonds is 7. The van der Waals surface area contributed by atoms with Crippen molar-refractivity contribution >= 4 is 20.2 Å². The van der Waals surface area contributed by atoms with E-state index in [1.807, 2.05) is 0 Å². The second kappa shape index (κ2) is 5.58. The van der Waals surface area contributed by atoms with Crippen LogP contribution in [-0.4, -0.2) is 29.0 Å². The second-order valence-electron chi connectivity index (χ2n) is 2.92. The Kier molecular flexibility index (Phi) is 5.33. The van der Waals surface area contributed by atoms with E-state index in [0.29, 0.717) is 10.8 Å². The fraction of sp³-hybridized carbons (Fsp3) is 0.500. The normalized spacial score (nSPS) is 16.4. The molecule has 0 aromatic rings. The molecule has 0 heterocycles. The molecule has 16 heavy (non-hydrogen) atoms. The SMILES string of the molecule is C=CS(=O)(=O)OC(C)C(C)OS(=O)(=O)C=C. The van der Waals surface area contributed by atoms with Crippen LogP contribution in [0.5, 0.6) is 0 Å². The van der Waals surface area contributed by atoms with Crippen molar-refractivity contribution in [2.24, 2.45) is 0 Å². The highest BCUT2D eigenvalue weighted by Crippen LogP contribution is 2.11. The van der Waals surface area contributed by atoms with Gasteiger partial charge in [-0.3, -0.25) is 8.37 Å². The highest BCUT2D eigenvalue weighted by Gasteiger charge is 2.23. The Bertz CT molecular complexity index is 403. The number of hydrogen-bond acceptors (Lipinski definition) is 6. The van der Waals surface area contributed by atoms with Gasteiger partial charge in [-0.25, -0.2) is 0 Å². The van der Waals surface area contributed by atoms with Crippen molar-refractivity contribution in [2.45, 2.75) is 26.1 Å². The van der Waals surface area contributed by atoms with Crippen LogP contribution in [0.25, 0.3) is 0 Å². The maximum atomic E-state index is 11.0. The zero-order valence-corrected chi connectivity index (χ0v) is 10.6. The maximum absolute atomic E-state index is 11.0. The lowest BCUT2D eigenvalue weighted by Gasteiger charge is -2.18. The third-order valence-electron chi connectivity index (χ3n) is 1.64. The van der Waals surface area contributed by atoms with E-state index in [-0.39, 0.29) is 0 Å². The van der Waals surface area contributed by atoms with Crippen molar-refractivity contribution in [1.29, 1.82) is 0 Å². The minimum Gasteiger partial charge on any atom is -0.261 e. The molecule has 0 saturated carbocycles. The van der Waals surface area contributed by atoms with Crippen molar-refractivity contribution in [3.63, 3.8) is 0 Å². The molecule has 6 nitrogen and oxygen atoms in total. The molecule has 0 rings (SSSR count). The molecular weight excluding hydrogens is 256 g/mol. The monoisotopic (exact) mass is 270 g/mol. The van der Waals surface area contributed by atoms with Crippen molar-refractivity contribution in [1.82, 2.24) is 0 Å². The standard InChI is InChI=1S/C8H14O6S2/c1-5-15(9,10)13-7(3)8(4)14-16(11,12)6-2/h5-8H,1-2H2,3-4H3. The van der Waals surface area contributed by atoms with Gasteiger partial charge in [-0.15, -0.1) is 0 Å². The van der Waals surface area contributed by atoms with E-state index in [4.69, 9.17) is 0 Å². The fourth-order valence-electron chi connectivity index (χ4n) is 0.658. The predicted octanol–water partition coefficient (Wildman–Crippen LogP) is 0.743. The van der Waals surface area contributed by atoms with Crippen LogP contribution in [0, 0.1) is 0 Å². The van der Waals surface area contributed by atoms with Crippen molar-refractivity contribution in [3.05, 3.63) is 24.0 Å². The van der Waals surface area contributed by atoms with Crippen LogP contribution < -0.4 is 0 Å². The summed E-state index contributed by atoms with van der Waals surface area (Å²) >= 11 is 0. The van der Waals surface area contributed by atoms with E-state index >= 15 is 0 Å². The van der Waals surface area contributed by atoms with E-state index in [1.54, 1.807) is 0 Å². The summed E-state index contributed by atoms with van der Waals surface area (Å²) in [5.74, 6) is 0. The molecule has 8 heteroatoms. The third kappa shape index (κ3) is 5.40. The molecule has 2 atom stereocenters. The van der Waals surface area contributed by atoms with Crippen molar-refractivity contribution in [3.8, 4) is 0 Å². The van der Waals surface area contributed by atoms with Crippen LogP contribution in [0.4, 0.5) is 0 Å². The van der Waals surface area contributed by atoms with Gasteiger partial charge in [0, 0.05) is 0 Å². The average Bonchev–Trinajstić information content (AvgIpc) is 2.16. The summed E-state index contributed by atoms with van der Waals surface area (Å²) in [4.78, 5) is 0. The Hall–Kier alpha value is -0.700. The highest BCUT2D eigenvalue weighted by atomic mass is 32.2. The van der Waals surface area contributed by atoms with Crippen LogP contribution in [0.15, 0.2) is 24.0 Å². The molecular formula is C8H14O6S2. The molecule has 0 aliphatic heterocycles. The molecule has 0 fully saturated rings. The van der Waals surface area contributed by atoms with Crippen LogP contribution in [-0.2, 0) is 28.6 Å². The Morgan fingerprint density at radius 3 is 1.31 bits per heavy atom. The first-order valence-corrected chi connectivity index (χ1v) is 7.19. The lowest BCUT2D eigenvalue weighted by atomic mass is 10.3. The lowest BCUT2D eigenvalue weighted by molar-refractivity contribution is 0.0899. The summed E-state index contributed by atoms with van der Waals surface area (Å²) in [5.41, 5.74) is 0. The minimum atomic E-state index is -3.86. The molecule has 0 aliphatic carbocycles. The lowest BCUT2D eigenvalue weighted by Crippen LogP contribution is -2.29. The second-order valence-corrected chi connectivity index (χ2v) is 5.94. The predicted molar refractivity (Wildman–Crippen MR) is 59.3 cm³/mol. The van der Waals surface area contributed by atoms with E-state index in [1.165, 1.54) is 13.8 Å². The summed E-state index contributed by atoms with van der Waals surface area (Å²) in [6, 6.07) is 0. The van der Waals surface area contributed by atoms with Crippen LogP contribution in [0.3, 0.4) is 0 Å². The summed E-state index contributed by atoms with van der Waals surface area (Å²) in [6.07, 6.45) is -1.92. The van der Waals surface area contributed by atoms with Crippen molar-refractivity contribution < 1.29 is 25.2 Å². The molecule has 0 amide bonds. The average molecular weight is 270 g/mol. The van der Waals surface area contributed by atoms with Crippen molar-refractivity contribution in [2.75, 3.05) is 0 Å². The molecule has 0 radical (unpaired) electrons. The van der Waals surface area contributed by atoms with E-state index in [9.17, 15) is 16.8 Å². The summed E-state index contributed by atoms with van der Waals surface area (Å²) in [6.45, 7) is 8.83. The summed E-state index contributed by atoms with van der Waals surface area (Å²) in [5, 5.41) is 1.25. The largest absolute Gasteiger partial charge is 0.289 e. The van der Waals surface area contributed by atoms with Gasteiger partial charge in [0.2, 0.25) is 0 Å². The van der Waals surface area contributed by atoms with E-state index in [0.717, 1.165) is 0 Å². The third-order valence-corrected chi connectivity index (χ3v) is 3.60. The topological polar surface area (TPSA) is 86.7 Å². The molecule has 0 aromatic carbocycles. The summed E-state index contributed by atoms with van der Waals surface area (Å²) < 4.78 is 53.1. The Labute approximate surface area is 95.8 Å².